The molecule has 0 aliphatic carbocycles. The molecule has 1 unspecified atom stereocenters. The van der Waals surface area contributed by atoms with E-state index in [4.69, 9.17) is 0 Å². The van der Waals surface area contributed by atoms with Crippen molar-refractivity contribution in [1.29, 1.82) is 0 Å². The van der Waals surface area contributed by atoms with Gasteiger partial charge in [-0.2, -0.15) is 0 Å². The lowest BCUT2D eigenvalue weighted by molar-refractivity contribution is 0.560. The summed E-state index contributed by atoms with van der Waals surface area (Å²) in [5, 5.41) is 0. The van der Waals surface area contributed by atoms with Crippen molar-refractivity contribution in [3.63, 3.8) is 0 Å². The summed E-state index contributed by atoms with van der Waals surface area (Å²) in [6.07, 6.45) is 0.697. The van der Waals surface area contributed by atoms with Crippen LogP contribution in [-0.4, -0.2) is 14.5 Å². The number of benzene rings is 1. The quantitative estimate of drug-likeness (QED) is 0.867. The molecule has 2 aromatic rings. The number of hydrogen-bond donors (Lipinski definition) is 1. The molecule has 20 heavy (non-hydrogen) atoms. The Morgan fingerprint density at radius 2 is 1.95 bits per heavy atom. The van der Waals surface area contributed by atoms with E-state index in [0.717, 1.165) is 0 Å². The summed E-state index contributed by atoms with van der Waals surface area (Å²) in [7, 11) is -3.50. The Bertz CT molecular complexity index is 695. The van der Waals surface area contributed by atoms with E-state index in [2.05, 4.69) is 26.7 Å². The minimum atomic E-state index is -3.50. The van der Waals surface area contributed by atoms with Gasteiger partial charge in [-0.25, -0.2) is 13.1 Å². The molecule has 0 aliphatic rings. The molecule has 1 aromatic carbocycles. The SMILES string of the molecule is Cc1ccc(CC(C)NS(=O)(=O)c2ccccc2Br)s1. The van der Waals surface area contributed by atoms with E-state index >= 15 is 0 Å². The second kappa shape index (κ2) is 6.39. The van der Waals surface area contributed by atoms with Crippen molar-refractivity contribution in [2.75, 3.05) is 0 Å². The molecule has 0 saturated heterocycles. The minimum absolute atomic E-state index is 0.148. The maximum atomic E-state index is 12.3. The third-order valence-electron chi connectivity index (χ3n) is 2.79. The molecular weight excluding hydrogens is 358 g/mol. The molecule has 3 nitrogen and oxygen atoms in total. The number of aryl methyl sites for hydroxylation is 1. The van der Waals surface area contributed by atoms with Gasteiger partial charge in [-0.05, 0) is 60.5 Å². The number of nitrogens with one attached hydrogen (secondary N) is 1. The van der Waals surface area contributed by atoms with Gasteiger partial charge in [0.25, 0.3) is 0 Å². The average Bonchev–Trinajstić information content (AvgIpc) is 2.74. The largest absolute Gasteiger partial charge is 0.241 e. The topological polar surface area (TPSA) is 46.2 Å². The third-order valence-corrected chi connectivity index (χ3v) is 6.41. The highest BCUT2D eigenvalue weighted by molar-refractivity contribution is 9.10. The van der Waals surface area contributed by atoms with Gasteiger partial charge in [0.15, 0.2) is 0 Å². The lowest BCUT2D eigenvalue weighted by atomic mass is 10.2. The van der Waals surface area contributed by atoms with Gasteiger partial charge in [-0.1, -0.05) is 12.1 Å². The summed E-state index contributed by atoms with van der Waals surface area (Å²) in [5.74, 6) is 0. The van der Waals surface area contributed by atoms with Crippen LogP contribution in [0.15, 0.2) is 45.8 Å². The van der Waals surface area contributed by atoms with Gasteiger partial charge in [0.05, 0.1) is 4.90 Å². The lowest BCUT2D eigenvalue weighted by Gasteiger charge is -2.14. The average molecular weight is 374 g/mol. The molecular formula is C14H16BrNO2S2. The van der Waals surface area contributed by atoms with Crippen LogP contribution < -0.4 is 4.72 Å². The molecule has 1 aromatic heterocycles. The monoisotopic (exact) mass is 373 g/mol. The number of halogens is 1. The number of thiophene rings is 1. The Labute approximate surface area is 132 Å². The van der Waals surface area contributed by atoms with E-state index in [1.807, 2.05) is 19.9 Å². The molecule has 1 N–H and O–H groups in total. The second-order valence-electron chi connectivity index (χ2n) is 4.67. The number of sulfonamides is 1. The predicted molar refractivity (Wildman–Crippen MR) is 86.7 cm³/mol. The lowest BCUT2D eigenvalue weighted by Crippen LogP contribution is -2.34. The van der Waals surface area contributed by atoms with Crippen LogP contribution >= 0.6 is 27.3 Å². The number of rotatable bonds is 5. The molecule has 0 saturated carbocycles. The molecule has 2 rings (SSSR count). The second-order valence-corrected chi connectivity index (χ2v) is 8.58. The first-order valence-electron chi connectivity index (χ1n) is 6.20. The molecule has 0 spiro atoms. The van der Waals surface area contributed by atoms with Gasteiger partial charge in [-0.15, -0.1) is 11.3 Å². The van der Waals surface area contributed by atoms with Crippen LogP contribution in [0.3, 0.4) is 0 Å². The van der Waals surface area contributed by atoms with E-state index in [0.29, 0.717) is 10.9 Å². The molecule has 0 amide bonds. The first-order chi connectivity index (χ1) is 9.38. The summed E-state index contributed by atoms with van der Waals surface area (Å²) in [6, 6.07) is 10.8. The van der Waals surface area contributed by atoms with Crippen molar-refractivity contribution in [2.24, 2.45) is 0 Å². The van der Waals surface area contributed by atoms with Crippen LogP contribution in [-0.2, 0) is 16.4 Å². The zero-order valence-electron chi connectivity index (χ0n) is 11.3. The van der Waals surface area contributed by atoms with Crippen molar-refractivity contribution in [2.45, 2.75) is 31.2 Å². The molecule has 0 radical (unpaired) electrons. The highest BCUT2D eigenvalue weighted by Gasteiger charge is 2.20. The first kappa shape index (κ1) is 15.7. The zero-order valence-corrected chi connectivity index (χ0v) is 14.5. The Kier molecular flexibility index (Phi) is 5.01. The third kappa shape index (κ3) is 3.91. The molecule has 1 heterocycles. The molecule has 1 atom stereocenters. The molecule has 6 heteroatoms. The molecule has 0 aliphatic heterocycles. The van der Waals surface area contributed by atoms with Crippen LogP contribution in [0.1, 0.15) is 16.7 Å². The van der Waals surface area contributed by atoms with Crippen LogP contribution in [0.25, 0.3) is 0 Å². The highest BCUT2D eigenvalue weighted by atomic mass is 79.9. The van der Waals surface area contributed by atoms with Gasteiger partial charge >= 0.3 is 0 Å². The molecule has 108 valence electrons. The predicted octanol–water partition coefficient (Wildman–Crippen LogP) is 3.73. The Morgan fingerprint density at radius 3 is 2.55 bits per heavy atom. The van der Waals surface area contributed by atoms with Gasteiger partial charge < -0.3 is 0 Å². The fraction of sp³-hybridized carbons (Fsp3) is 0.286. The van der Waals surface area contributed by atoms with Crippen molar-refractivity contribution < 1.29 is 8.42 Å². The van der Waals surface area contributed by atoms with Crippen molar-refractivity contribution in [1.82, 2.24) is 4.72 Å². The smallest absolute Gasteiger partial charge is 0.208 e. The van der Waals surface area contributed by atoms with E-state index in [1.165, 1.54) is 9.75 Å². The van der Waals surface area contributed by atoms with Gasteiger partial charge in [0.1, 0.15) is 0 Å². The van der Waals surface area contributed by atoms with Crippen LogP contribution in [0.4, 0.5) is 0 Å². The van der Waals surface area contributed by atoms with E-state index < -0.39 is 10.0 Å². The van der Waals surface area contributed by atoms with Gasteiger partial charge in [0, 0.05) is 20.3 Å². The number of hydrogen-bond acceptors (Lipinski definition) is 3. The van der Waals surface area contributed by atoms with E-state index in [1.54, 1.807) is 35.6 Å². The summed E-state index contributed by atoms with van der Waals surface area (Å²) < 4.78 is 27.9. The standard InChI is InChI=1S/C14H16BrNO2S2/c1-10(9-12-8-7-11(2)19-12)16-20(17,18)14-6-4-3-5-13(14)15/h3-8,10,16H,9H2,1-2H3. The normalized spacial score (nSPS) is 13.3. The van der Waals surface area contributed by atoms with Crippen LogP contribution in [0, 0.1) is 6.92 Å². The summed E-state index contributed by atoms with van der Waals surface area (Å²) in [4.78, 5) is 2.69. The van der Waals surface area contributed by atoms with Crippen molar-refractivity contribution in [3.05, 3.63) is 50.6 Å². The molecule has 0 bridgehead atoms. The van der Waals surface area contributed by atoms with E-state index in [-0.39, 0.29) is 10.9 Å². The van der Waals surface area contributed by atoms with Gasteiger partial charge in [-0.3, -0.25) is 0 Å². The summed E-state index contributed by atoms with van der Waals surface area (Å²) in [5.41, 5.74) is 0. The van der Waals surface area contributed by atoms with Crippen LogP contribution in [0.5, 0.6) is 0 Å². The van der Waals surface area contributed by atoms with Gasteiger partial charge in [0.2, 0.25) is 10.0 Å². The molecule has 0 fully saturated rings. The summed E-state index contributed by atoms with van der Waals surface area (Å²) in [6.45, 7) is 3.92. The zero-order chi connectivity index (χ0) is 14.8. The highest BCUT2D eigenvalue weighted by Crippen LogP contribution is 2.22. The van der Waals surface area contributed by atoms with Crippen molar-refractivity contribution >= 4 is 37.3 Å². The summed E-state index contributed by atoms with van der Waals surface area (Å²) >= 11 is 4.97. The van der Waals surface area contributed by atoms with Crippen LogP contribution in [0.2, 0.25) is 0 Å². The maximum Gasteiger partial charge on any atom is 0.241 e. The van der Waals surface area contributed by atoms with Crippen molar-refractivity contribution in [3.8, 4) is 0 Å². The minimum Gasteiger partial charge on any atom is -0.208 e. The maximum absolute atomic E-state index is 12.3. The Hall–Kier alpha value is -0.690. The Balaban J connectivity index is 2.10. The first-order valence-corrected chi connectivity index (χ1v) is 9.30. The Morgan fingerprint density at radius 1 is 1.25 bits per heavy atom. The van der Waals surface area contributed by atoms with E-state index in [9.17, 15) is 8.42 Å². The fourth-order valence-electron chi connectivity index (χ4n) is 1.93. The fourth-order valence-corrected chi connectivity index (χ4v) is 5.19.